The second-order valence-electron chi connectivity index (χ2n) is 8.24. The largest absolute Gasteiger partial charge is 0.355 e. The lowest BCUT2D eigenvalue weighted by molar-refractivity contribution is -0.121. The minimum atomic E-state index is -0.241. The number of rotatable bonds is 7. The summed E-state index contributed by atoms with van der Waals surface area (Å²) in [5.74, 6) is 0.548. The highest BCUT2D eigenvalue weighted by atomic mass is 16.2. The smallest absolute Gasteiger partial charge is 0.239 e. The summed E-state index contributed by atoms with van der Waals surface area (Å²) in [6.07, 6.45) is 0. The predicted octanol–water partition coefficient (Wildman–Crippen LogP) is 2.20. The first kappa shape index (κ1) is 22.0. The van der Waals surface area contributed by atoms with Crippen LogP contribution in [0.15, 0.2) is 35.3 Å². The van der Waals surface area contributed by atoms with Crippen molar-refractivity contribution in [3.05, 3.63) is 35.9 Å². The number of nitrogens with zero attached hydrogens (tertiary/aromatic N) is 1. The highest BCUT2D eigenvalue weighted by Crippen LogP contribution is 2.15. The van der Waals surface area contributed by atoms with Crippen molar-refractivity contribution in [2.75, 3.05) is 20.1 Å². The number of carbonyl (C=O) groups is 1. The van der Waals surface area contributed by atoms with E-state index >= 15 is 0 Å². The Morgan fingerprint density at radius 2 is 1.69 bits per heavy atom. The summed E-state index contributed by atoms with van der Waals surface area (Å²) in [6, 6.07) is 10.6. The van der Waals surface area contributed by atoms with Crippen LogP contribution in [-0.4, -0.2) is 43.1 Å². The number of amides is 1. The molecule has 0 saturated heterocycles. The van der Waals surface area contributed by atoms with Gasteiger partial charge in [-0.15, -0.1) is 0 Å². The standard InChI is InChI=1S/C20H35N5O/c1-15(16-11-9-8-10-12-16)24-20(5,6)14-23-18(21-7)22-13-17(26)25-19(2,3)4/h8-12,15,24H,13-14H2,1-7H3,(H,25,26)(H2,21,22,23). The second-order valence-corrected chi connectivity index (χ2v) is 8.24. The third-order valence-corrected chi connectivity index (χ3v) is 3.76. The van der Waals surface area contributed by atoms with E-state index in [4.69, 9.17) is 0 Å². The molecule has 1 unspecified atom stereocenters. The summed E-state index contributed by atoms with van der Waals surface area (Å²) < 4.78 is 0. The van der Waals surface area contributed by atoms with Crippen molar-refractivity contribution < 1.29 is 4.79 Å². The molecule has 0 aliphatic carbocycles. The quantitative estimate of drug-likeness (QED) is 0.443. The van der Waals surface area contributed by atoms with Crippen LogP contribution in [0.4, 0.5) is 0 Å². The van der Waals surface area contributed by atoms with Crippen molar-refractivity contribution in [1.29, 1.82) is 0 Å². The first-order chi connectivity index (χ1) is 12.0. The second kappa shape index (κ2) is 9.57. The Balaban J connectivity index is 2.47. The van der Waals surface area contributed by atoms with Crippen molar-refractivity contribution in [2.24, 2.45) is 4.99 Å². The number of nitrogens with one attached hydrogen (secondary N) is 4. The minimum absolute atomic E-state index is 0.0597. The van der Waals surface area contributed by atoms with Crippen LogP contribution in [-0.2, 0) is 4.79 Å². The van der Waals surface area contributed by atoms with Crippen LogP contribution < -0.4 is 21.3 Å². The average molecular weight is 362 g/mol. The van der Waals surface area contributed by atoms with E-state index in [-0.39, 0.29) is 29.6 Å². The summed E-state index contributed by atoms with van der Waals surface area (Å²) in [5, 5.41) is 12.9. The third kappa shape index (κ3) is 8.85. The Bertz CT molecular complexity index is 590. The number of carbonyl (C=O) groups excluding carboxylic acids is 1. The number of hydrogen-bond acceptors (Lipinski definition) is 3. The molecule has 0 aromatic heterocycles. The molecular weight excluding hydrogens is 326 g/mol. The van der Waals surface area contributed by atoms with Gasteiger partial charge in [0.2, 0.25) is 5.91 Å². The Morgan fingerprint density at radius 3 is 2.23 bits per heavy atom. The van der Waals surface area contributed by atoms with Gasteiger partial charge < -0.3 is 21.3 Å². The van der Waals surface area contributed by atoms with Gasteiger partial charge in [-0.1, -0.05) is 30.3 Å². The zero-order valence-electron chi connectivity index (χ0n) is 17.2. The van der Waals surface area contributed by atoms with Gasteiger partial charge in [0.15, 0.2) is 5.96 Å². The summed E-state index contributed by atoms with van der Waals surface area (Å²) >= 11 is 0. The van der Waals surface area contributed by atoms with E-state index in [1.807, 2.05) is 39.0 Å². The lowest BCUT2D eigenvalue weighted by atomic mass is 10.0. The lowest BCUT2D eigenvalue weighted by Crippen LogP contribution is -2.53. The molecule has 1 atom stereocenters. The average Bonchev–Trinajstić information content (AvgIpc) is 2.53. The van der Waals surface area contributed by atoms with Gasteiger partial charge in [-0.05, 0) is 47.1 Å². The summed E-state index contributed by atoms with van der Waals surface area (Å²) in [4.78, 5) is 16.1. The molecule has 1 aromatic carbocycles. The van der Waals surface area contributed by atoms with E-state index in [9.17, 15) is 4.79 Å². The Hall–Kier alpha value is -2.08. The maximum absolute atomic E-state index is 11.9. The van der Waals surface area contributed by atoms with Crippen molar-refractivity contribution >= 4 is 11.9 Å². The molecule has 1 aromatic rings. The molecule has 6 nitrogen and oxygen atoms in total. The van der Waals surface area contributed by atoms with Crippen molar-refractivity contribution in [3.63, 3.8) is 0 Å². The highest BCUT2D eigenvalue weighted by molar-refractivity contribution is 5.86. The van der Waals surface area contributed by atoms with Crippen LogP contribution >= 0.6 is 0 Å². The number of aliphatic imine (C=N–C) groups is 1. The SMILES string of the molecule is CN=C(NCC(=O)NC(C)(C)C)NCC(C)(C)NC(C)c1ccccc1. The molecule has 146 valence electrons. The summed E-state index contributed by atoms with van der Waals surface area (Å²) in [6.45, 7) is 13.2. The Morgan fingerprint density at radius 1 is 1.08 bits per heavy atom. The van der Waals surface area contributed by atoms with Crippen LogP contribution in [0.5, 0.6) is 0 Å². The monoisotopic (exact) mass is 361 g/mol. The predicted molar refractivity (Wildman–Crippen MR) is 109 cm³/mol. The van der Waals surface area contributed by atoms with E-state index in [2.05, 4.69) is 59.2 Å². The molecular formula is C20H35N5O. The molecule has 0 radical (unpaired) electrons. The summed E-state index contributed by atoms with van der Waals surface area (Å²) in [7, 11) is 1.70. The van der Waals surface area contributed by atoms with Crippen LogP contribution in [0.25, 0.3) is 0 Å². The van der Waals surface area contributed by atoms with Gasteiger partial charge in [-0.25, -0.2) is 0 Å². The van der Waals surface area contributed by atoms with Gasteiger partial charge in [-0.3, -0.25) is 9.79 Å². The molecule has 4 N–H and O–H groups in total. The van der Waals surface area contributed by atoms with Crippen LogP contribution in [0.1, 0.15) is 53.1 Å². The van der Waals surface area contributed by atoms with Crippen molar-refractivity contribution in [3.8, 4) is 0 Å². The fourth-order valence-electron chi connectivity index (χ4n) is 2.61. The third-order valence-electron chi connectivity index (χ3n) is 3.76. The van der Waals surface area contributed by atoms with E-state index in [0.717, 1.165) is 0 Å². The zero-order chi connectivity index (χ0) is 19.8. The molecule has 1 amide bonds. The molecule has 0 spiro atoms. The molecule has 0 aliphatic rings. The number of guanidine groups is 1. The maximum Gasteiger partial charge on any atom is 0.239 e. The molecule has 0 bridgehead atoms. The normalized spacial score (nSPS) is 13.9. The van der Waals surface area contributed by atoms with Gasteiger partial charge in [-0.2, -0.15) is 0 Å². The van der Waals surface area contributed by atoms with Gasteiger partial charge in [0.1, 0.15) is 0 Å². The van der Waals surface area contributed by atoms with Gasteiger partial charge in [0, 0.05) is 30.7 Å². The van der Waals surface area contributed by atoms with Gasteiger partial charge >= 0.3 is 0 Å². The first-order valence-electron chi connectivity index (χ1n) is 9.10. The van der Waals surface area contributed by atoms with Gasteiger partial charge in [0.05, 0.1) is 6.54 Å². The maximum atomic E-state index is 11.9. The van der Waals surface area contributed by atoms with E-state index in [1.165, 1.54) is 5.56 Å². The molecule has 0 heterocycles. The fraction of sp³-hybridized carbons (Fsp3) is 0.600. The van der Waals surface area contributed by atoms with Gasteiger partial charge in [0.25, 0.3) is 0 Å². The lowest BCUT2D eigenvalue weighted by Gasteiger charge is -2.31. The number of hydrogen-bond donors (Lipinski definition) is 4. The highest BCUT2D eigenvalue weighted by Gasteiger charge is 2.21. The molecule has 1 rings (SSSR count). The van der Waals surface area contributed by atoms with E-state index < -0.39 is 0 Å². The van der Waals surface area contributed by atoms with Crippen LogP contribution in [0.3, 0.4) is 0 Å². The van der Waals surface area contributed by atoms with Crippen LogP contribution in [0.2, 0.25) is 0 Å². The topological polar surface area (TPSA) is 77.5 Å². The minimum Gasteiger partial charge on any atom is -0.355 e. The van der Waals surface area contributed by atoms with E-state index in [0.29, 0.717) is 12.5 Å². The first-order valence-corrected chi connectivity index (χ1v) is 9.10. The van der Waals surface area contributed by atoms with Crippen molar-refractivity contribution in [1.82, 2.24) is 21.3 Å². The Kier molecular flexibility index (Phi) is 8.08. The molecule has 0 saturated carbocycles. The van der Waals surface area contributed by atoms with Crippen LogP contribution in [0, 0.1) is 0 Å². The van der Waals surface area contributed by atoms with Crippen molar-refractivity contribution in [2.45, 2.75) is 58.7 Å². The number of benzene rings is 1. The van der Waals surface area contributed by atoms with E-state index in [1.54, 1.807) is 7.05 Å². The fourth-order valence-corrected chi connectivity index (χ4v) is 2.61. The Labute approximate surface area is 158 Å². The summed E-state index contributed by atoms with van der Waals surface area (Å²) in [5.41, 5.74) is 0.859. The molecule has 26 heavy (non-hydrogen) atoms. The zero-order valence-corrected chi connectivity index (χ0v) is 17.2. The molecule has 0 aliphatic heterocycles. The molecule has 0 fully saturated rings. The molecule has 6 heteroatoms.